The third-order valence-electron chi connectivity index (χ3n) is 5.23. The molecule has 0 unspecified atom stereocenters. The van der Waals surface area contributed by atoms with Gasteiger partial charge in [0.25, 0.3) is 0 Å². The Kier molecular flexibility index (Phi) is 8.54. The predicted octanol–water partition coefficient (Wildman–Crippen LogP) is 4.83. The molecule has 0 radical (unpaired) electrons. The van der Waals surface area contributed by atoms with Crippen LogP contribution in [-0.4, -0.2) is 39.6 Å². The van der Waals surface area contributed by atoms with Gasteiger partial charge in [-0.1, -0.05) is 71.9 Å². The number of para-hydroxylation sites is 2. The molecule has 176 valence electrons. The number of hydrogen-bond donors (Lipinski definition) is 1. The Labute approximate surface area is 204 Å². The first kappa shape index (κ1) is 23.8. The lowest BCUT2D eigenvalue weighted by molar-refractivity contribution is 0.280. The first-order valence-corrected chi connectivity index (χ1v) is 12.2. The van der Waals surface area contributed by atoms with E-state index >= 15 is 0 Å². The number of aromatic nitrogens is 4. The SMILES string of the molecule is COc1cccc(CNCCCSc2nnnn2-c2ccccc2)c1OCc1cccc(C)c1. The second kappa shape index (κ2) is 12.2. The molecule has 1 N–H and O–H groups in total. The standard InChI is InChI=1S/C26H29N5O2S/c1-20-9-6-10-21(17-20)19-33-25-22(11-7-14-24(25)32-2)18-27-15-8-16-34-26-28-29-30-31(26)23-12-4-3-5-13-23/h3-7,9-14,17,27H,8,15-16,18-19H2,1-2H3. The van der Waals surface area contributed by atoms with Crippen molar-refractivity contribution >= 4 is 11.8 Å². The van der Waals surface area contributed by atoms with E-state index in [0.29, 0.717) is 13.2 Å². The maximum absolute atomic E-state index is 6.19. The number of hydrogen-bond acceptors (Lipinski definition) is 7. The molecular formula is C26H29N5O2S. The van der Waals surface area contributed by atoms with Gasteiger partial charge in [-0.3, -0.25) is 0 Å². The Morgan fingerprint density at radius 1 is 1.00 bits per heavy atom. The van der Waals surface area contributed by atoms with Crippen LogP contribution in [0.5, 0.6) is 11.5 Å². The fourth-order valence-corrected chi connectivity index (χ4v) is 4.40. The fraction of sp³-hybridized carbons (Fsp3) is 0.269. The highest BCUT2D eigenvalue weighted by Gasteiger charge is 2.11. The first-order valence-electron chi connectivity index (χ1n) is 11.3. The van der Waals surface area contributed by atoms with E-state index in [1.54, 1.807) is 23.6 Å². The zero-order valence-electron chi connectivity index (χ0n) is 19.5. The maximum Gasteiger partial charge on any atom is 0.214 e. The molecule has 0 aliphatic rings. The first-order chi connectivity index (χ1) is 16.7. The number of rotatable bonds is 12. The Balaban J connectivity index is 1.27. The average molecular weight is 476 g/mol. The summed E-state index contributed by atoms with van der Waals surface area (Å²) in [7, 11) is 1.67. The summed E-state index contributed by atoms with van der Waals surface area (Å²) in [6, 6.07) is 24.3. The van der Waals surface area contributed by atoms with E-state index in [1.807, 2.05) is 42.5 Å². The van der Waals surface area contributed by atoms with Gasteiger partial charge in [-0.2, -0.15) is 4.68 Å². The van der Waals surface area contributed by atoms with Gasteiger partial charge in [-0.05, 0) is 54.1 Å². The van der Waals surface area contributed by atoms with E-state index in [2.05, 4.69) is 58.1 Å². The molecule has 1 heterocycles. The number of aryl methyl sites for hydroxylation is 1. The molecular weight excluding hydrogens is 446 g/mol. The van der Waals surface area contributed by atoms with Gasteiger partial charge < -0.3 is 14.8 Å². The normalized spacial score (nSPS) is 10.9. The van der Waals surface area contributed by atoms with Gasteiger partial charge >= 0.3 is 0 Å². The Bertz CT molecular complexity index is 1180. The van der Waals surface area contributed by atoms with Crippen LogP contribution >= 0.6 is 11.8 Å². The average Bonchev–Trinajstić information content (AvgIpc) is 3.34. The molecule has 8 heteroatoms. The van der Waals surface area contributed by atoms with Crippen LogP contribution in [0.1, 0.15) is 23.1 Å². The molecule has 0 fully saturated rings. The lowest BCUT2D eigenvalue weighted by atomic mass is 10.1. The van der Waals surface area contributed by atoms with Crippen molar-refractivity contribution in [1.82, 2.24) is 25.5 Å². The van der Waals surface area contributed by atoms with Crippen LogP contribution in [0.4, 0.5) is 0 Å². The summed E-state index contributed by atoms with van der Waals surface area (Å²) in [6.45, 7) is 4.16. The lowest BCUT2D eigenvalue weighted by Gasteiger charge is -2.16. The summed E-state index contributed by atoms with van der Waals surface area (Å²) < 4.78 is 13.5. The van der Waals surface area contributed by atoms with E-state index in [4.69, 9.17) is 9.47 Å². The topological polar surface area (TPSA) is 74.1 Å². The van der Waals surface area contributed by atoms with Gasteiger partial charge in [0.2, 0.25) is 5.16 Å². The van der Waals surface area contributed by atoms with Crippen molar-refractivity contribution < 1.29 is 9.47 Å². The number of tetrazole rings is 1. The van der Waals surface area contributed by atoms with Crippen molar-refractivity contribution in [2.45, 2.75) is 31.7 Å². The summed E-state index contributed by atoms with van der Waals surface area (Å²) >= 11 is 1.65. The number of ether oxygens (including phenoxy) is 2. The van der Waals surface area contributed by atoms with Gasteiger partial charge in [0.1, 0.15) is 6.61 Å². The van der Waals surface area contributed by atoms with Gasteiger partial charge in [0.05, 0.1) is 12.8 Å². The van der Waals surface area contributed by atoms with E-state index in [0.717, 1.165) is 52.2 Å². The van der Waals surface area contributed by atoms with Crippen molar-refractivity contribution in [2.75, 3.05) is 19.4 Å². The molecule has 0 bridgehead atoms. The molecule has 0 aliphatic heterocycles. The minimum atomic E-state index is 0.502. The molecule has 4 aromatic rings. The molecule has 0 saturated carbocycles. The number of benzene rings is 3. The molecule has 7 nitrogen and oxygen atoms in total. The van der Waals surface area contributed by atoms with Crippen LogP contribution in [0.3, 0.4) is 0 Å². The minimum absolute atomic E-state index is 0.502. The lowest BCUT2D eigenvalue weighted by Crippen LogP contribution is -2.16. The molecule has 0 atom stereocenters. The zero-order valence-corrected chi connectivity index (χ0v) is 20.3. The van der Waals surface area contributed by atoms with Crippen LogP contribution < -0.4 is 14.8 Å². The van der Waals surface area contributed by atoms with Crippen molar-refractivity contribution in [3.63, 3.8) is 0 Å². The second-order valence-electron chi connectivity index (χ2n) is 7.81. The number of nitrogens with zero attached hydrogens (tertiary/aromatic N) is 4. The van der Waals surface area contributed by atoms with Crippen molar-refractivity contribution in [2.24, 2.45) is 0 Å². The molecule has 0 saturated heterocycles. The van der Waals surface area contributed by atoms with Gasteiger partial charge in [0.15, 0.2) is 11.5 Å². The van der Waals surface area contributed by atoms with Crippen LogP contribution in [-0.2, 0) is 13.2 Å². The third-order valence-corrected chi connectivity index (χ3v) is 6.24. The number of methoxy groups -OCH3 is 1. The quantitative estimate of drug-likeness (QED) is 0.232. The number of thioether (sulfide) groups is 1. The molecule has 0 aliphatic carbocycles. The van der Waals surface area contributed by atoms with E-state index in [-0.39, 0.29) is 0 Å². The van der Waals surface area contributed by atoms with Gasteiger partial charge in [-0.25, -0.2) is 0 Å². The molecule has 0 amide bonds. The van der Waals surface area contributed by atoms with Crippen LogP contribution in [0, 0.1) is 6.92 Å². The predicted molar refractivity (Wildman–Crippen MR) is 135 cm³/mol. The molecule has 4 rings (SSSR count). The Morgan fingerprint density at radius 3 is 2.68 bits per heavy atom. The van der Waals surface area contributed by atoms with E-state index in [9.17, 15) is 0 Å². The smallest absolute Gasteiger partial charge is 0.214 e. The number of nitrogens with one attached hydrogen (secondary N) is 1. The summed E-state index contributed by atoms with van der Waals surface area (Å²) in [5.41, 5.74) is 4.40. The summed E-state index contributed by atoms with van der Waals surface area (Å²) in [5.74, 6) is 2.44. The summed E-state index contributed by atoms with van der Waals surface area (Å²) in [6.07, 6.45) is 0.982. The third kappa shape index (κ3) is 6.36. The maximum atomic E-state index is 6.19. The highest BCUT2D eigenvalue weighted by atomic mass is 32.2. The highest BCUT2D eigenvalue weighted by molar-refractivity contribution is 7.99. The monoisotopic (exact) mass is 475 g/mol. The fourth-order valence-electron chi connectivity index (χ4n) is 3.57. The molecule has 3 aromatic carbocycles. The zero-order chi connectivity index (χ0) is 23.6. The van der Waals surface area contributed by atoms with Crippen molar-refractivity contribution in [3.05, 3.63) is 89.5 Å². The second-order valence-corrected chi connectivity index (χ2v) is 8.88. The van der Waals surface area contributed by atoms with Crippen LogP contribution in [0.15, 0.2) is 78.0 Å². The summed E-state index contributed by atoms with van der Waals surface area (Å²) in [5, 5.41) is 16.4. The van der Waals surface area contributed by atoms with E-state index in [1.165, 1.54) is 5.56 Å². The van der Waals surface area contributed by atoms with Crippen molar-refractivity contribution in [3.8, 4) is 17.2 Å². The minimum Gasteiger partial charge on any atom is -0.493 e. The van der Waals surface area contributed by atoms with E-state index < -0.39 is 0 Å². The Hall–Kier alpha value is -3.36. The van der Waals surface area contributed by atoms with Crippen molar-refractivity contribution in [1.29, 1.82) is 0 Å². The molecule has 1 aromatic heterocycles. The van der Waals surface area contributed by atoms with Crippen LogP contribution in [0.2, 0.25) is 0 Å². The highest BCUT2D eigenvalue weighted by Crippen LogP contribution is 2.32. The molecule has 34 heavy (non-hydrogen) atoms. The largest absolute Gasteiger partial charge is 0.493 e. The van der Waals surface area contributed by atoms with Gasteiger partial charge in [-0.15, -0.1) is 5.10 Å². The summed E-state index contributed by atoms with van der Waals surface area (Å²) in [4.78, 5) is 0. The van der Waals surface area contributed by atoms with Gasteiger partial charge in [0, 0.05) is 17.9 Å². The van der Waals surface area contributed by atoms with Crippen LogP contribution in [0.25, 0.3) is 5.69 Å². The molecule has 0 spiro atoms. The Morgan fingerprint density at radius 2 is 1.85 bits per heavy atom.